The van der Waals surface area contributed by atoms with Crippen molar-refractivity contribution in [1.29, 1.82) is 0 Å². The molecule has 3 unspecified atom stereocenters. The van der Waals surface area contributed by atoms with Crippen molar-refractivity contribution in [3.63, 3.8) is 0 Å². The molecule has 6 nitrogen and oxygen atoms in total. The highest BCUT2D eigenvalue weighted by atomic mass is 19.3. The first-order valence-electron chi connectivity index (χ1n) is 6.56. The highest BCUT2D eigenvalue weighted by Gasteiger charge is 2.60. The standard InChI is InChI=1S/C13H19F2N3O3/c1-7(2)20-6-9-11(19)13(14,15)12(21-9)18-5-4-10(16)17-8(18)3/h4-5,7,9,11-12,19H,3,6H2,1-2H3,(H2,16,17). The van der Waals surface area contributed by atoms with Gasteiger partial charge in [-0.25, -0.2) is 4.99 Å². The van der Waals surface area contributed by atoms with E-state index in [1.165, 1.54) is 12.3 Å². The van der Waals surface area contributed by atoms with Crippen LogP contribution in [0.25, 0.3) is 0 Å². The fraction of sp³-hybridized carbons (Fsp3) is 0.615. The highest BCUT2D eigenvalue weighted by Crippen LogP contribution is 2.40. The zero-order valence-electron chi connectivity index (χ0n) is 11.9. The van der Waals surface area contributed by atoms with Crippen molar-refractivity contribution in [2.45, 2.75) is 44.3 Å². The van der Waals surface area contributed by atoms with Crippen molar-refractivity contribution in [3.05, 3.63) is 24.7 Å². The first-order valence-corrected chi connectivity index (χ1v) is 6.56. The molecule has 3 atom stereocenters. The Morgan fingerprint density at radius 1 is 1.62 bits per heavy atom. The SMILES string of the molecule is C=C1N=C(N)C=CN1C1OC(COC(C)C)C(O)C1(F)F. The van der Waals surface area contributed by atoms with E-state index in [1.54, 1.807) is 13.8 Å². The largest absolute Gasteiger partial charge is 0.384 e. The van der Waals surface area contributed by atoms with Gasteiger partial charge in [-0.15, -0.1) is 0 Å². The summed E-state index contributed by atoms with van der Waals surface area (Å²) in [6.45, 7) is 6.97. The molecule has 2 heterocycles. The number of hydrogen-bond donors (Lipinski definition) is 2. The van der Waals surface area contributed by atoms with E-state index in [0.29, 0.717) is 0 Å². The number of halogens is 2. The van der Waals surface area contributed by atoms with E-state index in [2.05, 4.69) is 11.6 Å². The summed E-state index contributed by atoms with van der Waals surface area (Å²) in [5.41, 5.74) is 5.47. The minimum Gasteiger partial charge on any atom is -0.384 e. The molecular weight excluding hydrogens is 284 g/mol. The molecule has 0 aliphatic carbocycles. The van der Waals surface area contributed by atoms with Gasteiger partial charge < -0.3 is 25.2 Å². The lowest BCUT2D eigenvalue weighted by molar-refractivity contribution is -0.149. The van der Waals surface area contributed by atoms with E-state index < -0.39 is 24.4 Å². The summed E-state index contributed by atoms with van der Waals surface area (Å²) in [5.74, 6) is -3.30. The Kier molecular flexibility index (Phi) is 4.31. The molecule has 21 heavy (non-hydrogen) atoms. The average molecular weight is 303 g/mol. The molecule has 1 saturated heterocycles. The Morgan fingerprint density at radius 2 is 2.29 bits per heavy atom. The Morgan fingerprint density at radius 3 is 2.86 bits per heavy atom. The second-order valence-corrected chi connectivity index (χ2v) is 5.20. The van der Waals surface area contributed by atoms with E-state index in [1.807, 2.05) is 0 Å². The first kappa shape index (κ1) is 15.9. The second-order valence-electron chi connectivity index (χ2n) is 5.20. The van der Waals surface area contributed by atoms with E-state index >= 15 is 0 Å². The number of aliphatic hydroxyl groups is 1. The molecule has 2 rings (SSSR count). The maximum atomic E-state index is 14.2. The summed E-state index contributed by atoms with van der Waals surface area (Å²) < 4.78 is 38.9. The molecule has 2 aliphatic rings. The van der Waals surface area contributed by atoms with Crippen molar-refractivity contribution in [1.82, 2.24) is 4.90 Å². The van der Waals surface area contributed by atoms with Crippen LogP contribution >= 0.6 is 0 Å². The maximum Gasteiger partial charge on any atom is 0.320 e. The number of amidine groups is 1. The third kappa shape index (κ3) is 3.07. The summed E-state index contributed by atoms with van der Waals surface area (Å²) in [5, 5.41) is 9.77. The number of ether oxygens (including phenoxy) is 2. The van der Waals surface area contributed by atoms with Crippen LogP contribution in [0.4, 0.5) is 8.78 Å². The molecule has 118 valence electrons. The lowest BCUT2D eigenvalue weighted by atomic mass is 10.1. The monoisotopic (exact) mass is 303 g/mol. The van der Waals surface area contributed by atoms with Crippen molar-refractivity contribution < 1.29 is 23.4 Å². The van der Waals surface area contributed by atoms with Crippen LogP contribution in [0.5, 0.6) is 0 Å². The van der Waals surface area contributed by atoms with Gasteiger partial charge in [-0.1, -0.05) is 6.58 Å². The molecule has 0 spiro atoms. The smallest absolute Gasteiger partial charge is 0.320 e. The normalized spacial score (nSPS) is 31.9. The van der Waals surface area contributed by atoms with Crippen LogP contribution in [-0.4, -0.2) is 52.9 Å². The van der Waals surface area contributed by atoms with Crippen molar-refractivity contribution in [2.24, 2.45) is 10.7 Å². The van der Waals surface area contributed by atoms with E-state index in [4.69, 9.17) is 15.2 Å². The van der Waals surface area contributed by atoms with Gasteiger partial charge in [0.1, 0.15) is 17.8 Å². The molecule has 0 saturated carbocycles. The number of nitrogens with zero attached hydrogens (tertiary/aromatic N) is 2. The third-order valence-corrected chi connectivity index (χ3v) is 3.19. The fourth-order valence-corrected chi connectivity index (χ4v) is 2.09. The minimum atomic E-state index is -3.49. The maximum absolute atomic E-state index is 14.2. The van der Waals surface area contributed by atoms with Gasteiger partial charge in [-0.2, -0.15) is 8.78 Å². The van der Waals surface area contributed by atoms with Crippen LogP contribution in [0, 0.1) is 0 Å². The minimum absolute atomic E-state index is 0.0253. The fourth-order valence-electron chi connectivity index (χ4n) is 2.09. The van der Waals surface area contributed by atoms with E-state index in [9.17, 15) is 13.9 Å². The van der Waals surface area contributed by atoms with Crippen molar-refractivity contribution in [2.75, 3.05) is 6.61 Å². The molecule has 3 N–H and O–H groups in total. The summed E-state index contributed by atoms with van der Waals surface area (Å²) in [6.07, 6.45) is -2.28. The molecule has 2 aliphatic heterocycles. The first-order chi connectivity index (χ1) is 9.73. The van der Waals surface area contributed by atoms with Crippen LogP contribution in [0.15, 0.2) is 29.7 Å². The Balaban J connectivity index is 2.13. The van der Waals surface area contributed by atoms with Crippen LogP contribution < -0.4 is 5.73 Å². The van der Waals surface area contributed by atoms with Gasteiger partial charge in [0.25, 0.3) is 0 Å². The molecule has 8 heteroatoms. The predicted molar refractivity (Wildman–Crippen MR) is 72.4 cm³/mol. The molecule has 0 aromatic heterocycles. The van der Waals surface area contributed by atoms with Crippen LogP contribution in [0.2, 0.25) is 0 Å². The highest BCUT2D eigenvalue weighted by molar-refractivity contribution is 5.92. The van der Waals surface area contributed by atoms with Gasteiger partial charge in [0.2, 0.25) is 6.23 Å². The Bertz CT molecular complexity index is 479. The van der Waals surface area contributed by atoms with Crippen molar-refractivity contribution in [3.8, 4) is 0 Å². The van der Waals surface area contributed by atoms with Gasteiger partial charge in [0.15, 0.2) is 6.10 Å². The van der Waals surface area contributed by atoms with Crippen molar-refractivity contribution >= 4 is 5.84 Å². The van der Waals surface area contributed by atoms with Crippen LogP contribution in [-0.2, 0) is 9.47 Å². The average Bonchev–Trinajstić information content (AvgIpc) is 2.60. The van der Waals surface area contributed by atoms with Gasteiger partial charge in [0, 0.05) is 6.20 Å². The van der Waals surface area contributed by atoms with Gasteiger partial charge in [0.05, 0.1) is 12.7 Å². The molecule has 0 amide bonds. The topological polar surface area (TPSA) is 80.3 Å². The third-order valence-electron chi connectivity index (χ3n) is 3.19. The number of aliphatic hydroxyl groups excluding tert-OH is 1. The Labute approximate surface area is 121 Å². The number of alkyl halides is 2. The zero-order chi connectivity index (χ0) is 15.8. The number of aliphatic imine (C=N–C) groups is 1. The lowest BCUT2D eigenvalue weighted by Gasteiger charge is -2.31. The molecule has 0 radical (unpaired) electrons. The van der Waals surface area contributed by atoms with Crippen LogP contribution in [0.1, 0.15) is 13.8 Å². The predicted octanol–water partition coefficient (Wildman–Crippen LogP) is 0.790. The van der Waals surface area contributed by atoms with E-state index in [0.717, 1.165) is 4.90 Å². The summed E-state index contributed by atoms with van der Waals surface area (Å²) >= 11 is 0. The molecular formula is C13H19F2N3O3. The van der Waals surface area contributed by atoms with Gasteiger partial charge >= 0.3 is 5.92 Å². The summed E-state index contributed by atoms with van der Waals surface area (Å²) in [7, 11) is 0. The molecule has 0 bridgehead atoms. The second kappa shape index (κ2) is 5.70. The number of nitrogens with two attached hydrogens (primary N) is 1. The van der Waals surface area contributed by atoms with Gasteiger partial charge in [-0.3, -0.25) is 0 Å². The van der Waals surface area contributed by atoms with E-state index in [-0.39, 0.29) is 24.4 Å². The number of hydrogen-bond acceptors (Lipinski definition) is 6. The Hall–Kier alpha value is -1.51. The zero-order valence-corrected chi connectivity index (χ0v) is 11.9. The van der Waals surface area contributed by atoms with Gasteiger partial charge in [-0.05, 0) is 19.9 Å². The molecule has 0 aromatic carbocycles. The quantitative estimate of drug-likeness (QED) is 0.802. The molecule has 1 fully saturated rings. The summed E-state index contributed by atoms with van der Waals surface area (Å²) in [4.78, 5) is 4.86. The lowest BCUT2D eigenvalue weighted by Crippen LogP contribution is -2.47. The summed E-state index contributed by atoms with van der Waals surface area (Å²) in [6, 6.07) is 0. The van der Waals surface area contributed by atoms with Crippen LogP contribution in [0.3, 0.4) is 0 Å². The molecule has 0 aromatic rings. The number of rotatable bonds is 4.